The fourth-order valence-corrected chi connectivity index (χ4v) is 3.06. The van der Waals surface area contributed by atoms with Crippen LogP contribution in [0.25, 0.3) is 0 Å². The fourth-order valence-electron chi connectivity index (χ4n) is 3.06. The molecule has 1 aliphatic rings. The SMILES string of the molecule is CCC(O)CCCOC1CC(C)CCC1C(C)C. The molecule has 0 aliphatic heterocycles. The Labute approximate surface area is 113 Å². The van der Waals surface area contributed by atoms with Crippen LogP contribution < -0.4 is 0 Å². The molecule has 0 spiro atoms. The van der Waals surface area contributed by atoms with Gasteiger partial charge in [-0.2, -0.15) is 0 Å². The highest BCUT2D eigenvalue weighted by Crippen LogP contribution is 2.35. The number of aliphatic hydroxyl groups is 1. The van der Waals surface area contributed by atoms with Gasteiger partial charge in [0.05, 0.1) is 12.2 Å². The molecule has 4 unspecified atom stereocenters. The Bertz CT molecular complexity index is 215. The lowest BCUT2D eigenvalue weighted by Gasteiger charge is -2.37. The summed E-state index contributed by atoms with van der Waals surface area (Å²) in [5, 5.41) is 9.52. The number of rotatable bonds is 7. The van der Waals surface area contributed by atoms with Crippen molar-refractivity contribution in [3.05, 3.63) is 0 Å². The minimum Gasteiger partial charge on any atom is -0.393 e. The summed E-state index contributed by atoms with van der Waals surface area (Å²) in [6, 6.07) is 0. The average molecular weight is 256 g/mol. The lowest BCUT2D eigenvalue weighted by molar-refractivity contribution is -0.0415. The predicted octanol–water partition coefficient (Wildman–Crippen LogP) is 4.01. The van der Waals surface area contributed by atoms with Gasteiger partial charge in [-0.05, 0) is 49.9 Å². The number of hydrogen-bond acceptors (Lipinski definition) is 2. The van der Waals surface area contributed by atoms with Crippen LogP contribution in [-0.4, -0.2) is 23.9 Å². The van der Waals surface area contributed by atoms with Crippen molar-refractivity contribution < 1.29 is 9.84 Å². The van der Waals surface area contributed by atoms with Gasteiger partial charge in [0.15, 0.2) is 0 Å². The Morgan fingerprint density at radius 3 is 2.61 bits per heavy atom. The summed E-state index contributed by atoms with van der Waals surface area (Å²) < 4.78 is 6.11. The standard InChI is InChI=1S/C16H32O2/c1-5-14(17)7-6-10-18-16-11-13(4)8-9-15(16)12(2)3/h12-17H,5-11H2,1-4H3. The van der Waals surface area contributed by atoms with Crippen LogP contribution in [0.15, 0.2) is 0 Å². The minimum absolute atomic E-state index is 0.139. The largest absolute Gasteiger partial charge is 0.393 e. The second kappa shape index (κ2) is 8.16. The van der Waals surface area contributed by atoms with Crippen molar-refractivity contribution in [1.29, 1.82) is 0 Å². The maximum atomic E-state index is 9.52. The zero-order valence-corrected chi connectivity index (χ0v) is 12.7. The van der Waals surface area contributed by atoms with Crippen molar-refractivity contribution in [1.82, 2.24) is 0 Å². The Morgan fingerprint density at radius 2 is 2.00 bits per heavy atom. The molecular weight excluding hydrogens is 224 g/mol. The Kier molecular flexibility index (Phi) is 7.25. The van der Waals surface area contributed by atoms with Crippen molar-refractivity contribution in [2.24, 2.45) is 17.8 Å². The molecule has 0 heterocycles. The van der Waals surface area contributed by atoms with E-state index in [1.807, 2.05) is 6.92 Å². The summed E-state index contributed by atoms with van der Waals surface area (Å²) in [6.45, 7) is 9.82. The van der Waals surface area contributed by atoms with E-state index in [4.69, 9.17) is 4.74 Å². The molecule has 0 radical (unpaired) electrons. The monoisotopic (exact) mass is 256 g/mol. The van der Waals surface area contributed by atoms with Gasteiger partial charge in [-0.1, -0.05) is 34.1 Å². The van der Waals surface area contributed by atoms with Crippen molar-refractivity contribution in [3.8, 4) is 0 Å². The smallest absolute Gasteiger partial charge is 0.0608 e. The highest BCUT2D eigenvalue weighted by Gasteiger charge is 2.31. The van der Waals surface area contributed by atoms with E-state index in [1.54, 1.807) is 0 Å². The predicted molar refractivity (Wildman–Crippen MR) is 76.6 cm³/mol. The first-order valence-electron chi connectivity index (χ1n) is 7.84. The molecule has 0 aromatic heterocycles. The molecule has 1 aliphatic carbocycles. The van der Waals surface area contributed by atoms with Crippen molar-refractivity contribution in [2.45, 2.75) is 78.4 Å². The van der Waals surface area contributed by atoms with E-state index in [0.29, 0.717) is 6.10 Å². The van der Waals surface area contributed by atoms with E-state index in [2.05, 4.69) is 20.8 Å². The lowest BCUT2D eigenvalue weighted by Crippen LogP contribution is -2.34. The number of aliphatic hydroxyl groups excluding tert-OH is 1. The summed E-state index contributed by atoms with van der Waals surface area (Å²) in [5.74, 6) is 2.27. The first-order chi connectivity index (χ1) is 8.54. The molecule has 1 saturated carbocycles. The van der Waals surface area contributed by atoms with E-state index in [0.717, 1.165) is 43.6 Å². The summed E-state index contributed by atoms with van der Waals surface area (Å²) in [4.78, 5) is 0. The summed E-state index contributed by atoms with van der Waals surface area (Å²) in [5.41, 5.74) is 0. The molecule has 0 saturated heterocycles. The van der Waals surface area contributed by atoms with Gasteiger partial charge in [0.2, 0.25) is 0 Å². The molecule has 1 N–H and O–H groups in total. The molecule has 0 aromatic carbocycles. The van der Waals surface area contributed by atoms with Gasteiger partial charge >= 0.3 is 0 Å². The van der Waals surface area contributed by atoms with Crippen LogP contribution in [0.4, 0.5) is 0 Å². The number of ether oxygens (including phenoxy) is 1. The fraction of sp³-hybridized carbons (Fsp3) is 1.00. The van der Waals surface area contributed by atoms with E-state index in [9.17, 15) is 5.11 Å². The lowest BCUT2D eigenvalue weighted by atomic mass is 9.75. The minimum atomic E-state index is -0.139. The van der Waals surface area contributed by atoms with Crippen LogP contribution in [0.3, 0.4) is 0 Å². The molecule has 18 heavy (non-hydrogen) atoms. The van der Waals surface area contributed by atoms with Gasteiger partial charge in [0.1, 0.15) is 0 Å². The normalized spacial score (nSPS) is 30.7. The average Bonchev–Trinajstić information content (AvgIpc) is 2.34. The Morgan fingerprint density at radius 1 is 1.28 bits per heavy atom. The van der Waals surface area contributed by atoms with E-state index in [1.165, 1.54) is 19.3 Å². The summed E-state index contributed by atoms with van der Waals surface area (Å²) in [7, 11) is 0. The van der Waals surface area contributed by atoms with E-state index < -0.39 is 0 Å². The third-order valence-corrected chi connectivity index (χ3v) is 4.45. The van der Waals surface area contributed by atoms with Gasteiger partial charge in [0.25, 0.3) is 0 Å². The summed E-state index contributed by atoms with van der Waals surface area (Å²) in [6.07, 6.45) is 6.94. The molecule has 1 rings (SSSR count). The molecule has 2 nitrogen and oxygen atoms in total. The highest BCUT2D eigenvalue weighted by molar-refractivity contribution is 4.81. The Balaban J connectivity index is 2.28. The molecular formula is C16H32O2. The molecule has 108 valence electrons. The van der Waals surface area contributed by atoms with E-state index >= 15 is 0 Å². The zero-order chi connectivity index (χ0) is 13.5. The quantitative estimate of drug-likeness (QED) is 0.697. The van der Waals surface area contributed by atoms with Crippen LogP contribution in [-0.2, 0) is 4.74 Å². The van der Waals surface area contributed by atoms with Crippen LogP contribution >= 0.6 is 0 Å². The second-order valence-corrected chi connectivity index (χ2v) is 6.44. The molecule has 4 atom stereocenters. The number of hydrogen-bond donors (Lipinski definition) is 1. The zero-order valence-electron chi connectivity index (χ0n) is 12.7. The first-order valence-corrected chi connectivity index (χ1v) is 7.84. The Hall–Kier alpha value is -0.0800. The van der Waals surface area contributed by atoms with Gasteiger partial charge in [-0.25, -0.2) is 0 Å². The molecule has 2 heteroatoms. The van der Waals surface area contributed by atoms with Crippen LogP contribution in [0.2, 0.25) is 0 Å². The van der Waals surface area contributed by atoms with Crippen LogP contribution in [0.5, 0.6) is 0 Å². The third kappa shape index (κ3) is 5.27. The first kappa shape index (κ1) is 16.0. The maximum absolute atomic E-state index is 9.52. The van der Waals surface area contributed by atoms with Crippen molar-refractivity contribution in [2.75, 3.05) is 6.61 Å². The maximum Gasteiger partial charge on any atom is 0.0608 e. The van der Waals surface area contributed by atoms with Crippen LogP contribution in [0, 0.1) is 17.8 Å². The topological polar surface area (TPSA) is 29.5 Å². The second-order valence-electron chi connectivity index (χ2n) is 6.44. The van der Waals surface area contributed by atoms with Crippen molar-refractivity contribution >= 4 is 0 Å². The van der Waals surface area contributed by atoms with Crippen molar-refractivity contribution in [3.63, 3.8) is 0 Å². The van der Waals surface area contributed by atoms with E-state index in [-0.39, 0.29) is 6.10 Å². The molecule has 1 fully saturated rings. The molecule has 0 amide bonds. The van der Waals surface area contributed by atoms with Gasteiger partial charge in [-0.3, -0.25) is 0 Å². The summed E-state index contributed by atoms with van der Waals surface area (Å²) >= 11 is 0. The van der Waals surface area contributed by atoms with Gasteiger partial charge < -0.3 is 9.84 Å². The highest BCUT2D eigenvalue weighted by atomic mass is 16.5. The van der Waals surface area contributed by atoms with Crippen LogP contribution in [0.1, 0.15) is 66.2 Å². The van der Waals surface area contributed by atoms with Gasteiger partial charge in [-0.15, -0.1) is 0 Å². The molecule has 0 bridgehead atoms. The third-order valence-electron chi connectivity index (χ3n) is 4.45. The molecule has 0 aromatic rings. The van der Waals surface area contributed by atoms with Gasteiger partial charge in [0, 0.05) is 6.61 Å².